The molecule has 1 N–H and O–H groups in total. The topological polar surface area (TPSA) is 50.2 Å². The quantitative estimate of drug-likeness (QED) is 0.835. The molecule has 0 bridgehead atoms. The number of halogens is 3. The summed E-state index contributed by atoms with van der Waals surface area (Å²) in [5.74, 6) is -1.19. The van der Waals surface area contributed by atoms with E-state index in [4.69, 9.17) is 5.11 Å². The minimum atomic E-state index is -4.50. The standard InChI is InChI=1S/C11H6F3NO2/c12-11(13,14)9-5-15-4-7-3-6(10(16)17)1-2-8(7)9/h1-5H,(H,16,17). The highest BCUT2D eigenvalue weighted by molar-refractivity contribution is 5.95. The first-order valence-corrected chi connectivity index (χ1v) is 4.58. The summed E-state index contributed by atoms with van der Waals surface area (Å²) in [7, 11) is 0. The molecule has 0 amide bonds. The third-order valence-electron chi connectivity index (χ3n) is 2.31. The molecule has 0 atom stereocenters. The summed E-state index contributed by atoms with van der Waals surface area (Å²) in [6, 6.07) is 3.45. The van der Waals surface area contributed by atoms with Crippen LogP contribution in [0.5, 0.6) is 0 Å². The second-order valence-electron chi connectivity index (χ2n) is 3.43. The molecule has 88 valence electrons. The molecule has 0 aliphatic rings. The molecule has 2 rings (SSSR count). The number of pyridine rings is 1. The van der Waals surface area contributed by atoms with Crippen molar-refractivity contribution in [1.82, 2.24) is 4.98 Å². The Kier molecular flexibility index (Phi) is 2.49. The predicted molar refractivity (Wildman–Crippen MR) is 53.7 cm³/mol. The van der Waals surface area contributed by atoms with Crippen LogP contribution in [-0.4, -0.2) is 16.1 Å². The zero-order chi connectivity index (χ0) is 12.6. The van der Waals surface area contributed by atoms with Gasteiger partial charge in [0.1, 0.15) is 0 Å². The molecule has 0 unspecified atom stereocenters. The highest BCUT2D eigenvalue weighted by Crippen LogP contribution is 2.34. The number of nitrogens with zero attached hydrogens (tertiary/aromatic N) is 1. The number of hydrogen-bond donors (Lipinski definition) is 1. The summed E-state index contributed by atoms with van der Waals surface area (Å²) in [5.41, 5.74) is -0.939. The lowest BCUT2D eigenvalue weighted by Gasteiger charge is -2.09. The first kappa shape index (κ1) is 11.4. The Morgan fingerprint density at radius 2 is 1.94 bits per heavy atom. The van der Waals surface area contributed by atoms with Gasteiger partial charge in [-0.3, -0.25) is 4.98 Å². The molecule has 0 spiro atoms. The van der Waals surface area contributed by atoms with Crippen molar-refractivity contribution in [2.24, 2.45) is 0 Å². The Hall–Kier alpha value is -2.11. The fourth-order valence-electron chi connectivity index (χ4n) is 1.54. The zero-order valence-electron chi connectivity index (χ0n) is 8.32. The van der Waals surface area contributed by atoms with E-state index in [0.29, 0.717) is 0 Å². The molecule has 0 aliphatic carbocycles. The van der Waals surface area contributed by atoms with Crippen LogP contribution in [0.15, 0.2) is 30.6 Å². The number of carboxylic acid groups (broad SMARTS) is 1. The summed E-state index contributed by atoms with van der Waals surface area (Å²) in [6.07, 6.45) is -2.57. The third kappa shape index (κ3) is 2.06. The van der Waals surface area contributed by atoms with Gasteiger partial charge in [-0.1, -0.05) is 6.07 Å². The van der Waals surface area contributed by atoms with Gasteiger partial charge in [-0.15, -0.1) is 0 Å². The van der Waals surface area contributed by atoms with Crippen molar-refractivity contribution in [2.75, 3.05) is 0 Å². The lowest BCUT2D eigenvalue weighted by atomic mass is 10.0. The molecule has 0 aliphatic heterocycles. The number of aromatic carboxylic acids is 1. The first-order valence-electron chi connectivity index (χ1n) is 4.58. The van der Waals surface area contributed by atoms with E-state index in [1.54, 1.807) is 0 Å². The maximum atomic E-state index is 12.6. The van der Waals surface area contributed by atoms with Crippen LogP contribution < -0.4 is 0 Å². The van der Waals surface area contributed by atoms with Gasteiger partial charge in [0.05, 0.1) is 11.1 Å². The molecule has 0 saturated carbocycles. The van der Waals surface area contributed by atoms with Crippen LogP contribution in [0.3, 0.4) is 0 Å². The van der Waals surface area contributed by atoms with Gasteiger partial charge < -0.3 is 5.11 Å². The predicted octanol–water partition coefficient (Wildman–Crippen LogP) is 2.95. The Morgan fingerprint density at radius 1 is 1.24 bits per heavy atom. The second kappa shape index (κ2) is 3.73. The van der Waals surface area contributed by atoms with Crippen molar-refractivity contribution in [1.29, 1.82) is 0 Å². The lowest BCUT2D eigenvalue weighted by Crippen LogP contribution is -2.06. The Bertz CT molecular complexity index is 593. The number of rotatable bonds is 1. The summed E-state index contributed by atoms with van der Waals surface area (Å²) in [5, 5.41) is 8.83. The molecule has 17 heavy (non-hydrogen) atoms. The van der Waals surface area contributed by atoms with Crippen LogP contribution in [-0.2, 0) is 6.18 Å². The minimum Gasteiger partial charge on any atom is -0.478 e. The fraction of sp³-hybridized carbons (Fsp3) is 0.0909. The van der Waals surface area contributed by atoms with Crippen molar-refractivity contribution in [3.05, 3.63) is 41.7 Å². The molecular formula is C11H6F3NO2. The van der Waals surface area contributed by atoms with Crippen LogP contribution in [0.4, 0.5) is 13.2 Å². The molecule has 0 saturated heterocycles. The van der Waals surface area contributed by atoms with E-state index in [2.05, 4.69) is 4.98 Å². The molecule has 0 radical (unpaired) electrons. The van der Waals surface area contributed by atoms with Crippen molar-refractivity contribution in [2.45, 2.75) is 6.18 Å². The molecule has 0 fully saturated rings. The van der Waals surface area contributed by atoms with Gasteiger partial charge in [0.2, 0.25) is 0 Å². The number of benzene rings is 1. The van der Waals surface area contributed by atoms with E-state index < -0.39 is 17.7 Å². The van der Waals surface area contributed by atoms with E-state index in [-0.39, 0.29) is 16.3 Å². The van der Waals surface area contributed by atoms with E-state index in [1.807, 2.05) is 0 Å². The molecule has 1 aromatic carbocycles. The van der Waals surface area contributed by atoms with Crippen LogP contribution in [0.1, 0.15) is 15.9 Å². The van der Waals surface area contributed by atoms with Crippen LogP contribution in [0.2, 0.25) is 0 Å². The number of carbonyl (C=O) groups is 1. The number of hydrogen-bond acceptors (Lipinski definition) is 2. The summed E-state index contributed by atoms with van der Waals surface area (Å²) < 4.78 is 37.9. The maximum Gasteiger partial charge on any atom is 0.418 e. The van der Waals surface area contributed by atoms with E-state index in [1.165, 1.54) is 12.3 Å². The Balaban J connectivity index is 2.72. The average molecular weight is 241 g/mol. The molecule has 6 heteroatoms. The van der Waals surface area contributed by atoms with Gasteiger partial charge >= 0.3 is 12.1 Å². The SMILES string of the molecule is O=C(O)c1ccc2c(C(F)(F)F)cncc2c1. The van der Waals surface area contributed by atoms with Crippen LogP contribution in [0.25, 0.3) is 10.8 Å². The first-order chi connectivity index (χ1) is 7.89. The van der Waals surface area contributed by atoms with Crippen molar-refractivity contribution in [3.63, 3.8) is 0 Å². The van der Waals surface area contributed by atoms with Crippen molar-refractivity contribution < 1.29 is 23.1 Å². The third-order valence-corrected chi connectivity index (χ3v) is 2.31. The van der Waals surface area contributed by atoms with Gasteiger partial charge in [0.25, 0.3) is 0 Å². The van der Waals surface area contributed by atoms with Crippen LogP contribution >= 0.6 is 0 Å². The highest BCUT2D eigenvalue weighted by atomic mass is 19.4. The second-order valence-corrected chi connectivity index (χ2v) is 3.43. The van der Waals surface area contributed by atoms with E-state index >= 15 is 0 Å². The molecule has 1 heterocycles. The van der Waals surface area contributed by atoms with Crippen molar-refractivity contribution in [3.8, 4) is 0 Å². The van der Waals surface area contributed by atoms with E-state index in [0.717, 1.165) is 18.3 Å². The number of fused-ring (bicyclic) bond motifs is 1. The summed E-state index contributed by atoms with van der Waals surface area (Å²) >= 11 is 0. The van der Waals surface area contributed by atoms with Gasteiger partial charge in [0.15, 0.2) is 0 Å². The average Bonchev–Trinajstić information content (AvgIpc) is 2.26. The van der Waals surface area contributed by atoms with Gasteiger partial charge in [-0.2, -0.15) is 13.2 Å². The van der Waals surface area contributed by atoms with Crippen LogP contribution in [0, 0.1) is 0 Å². The zero-order valence-corrected chi connectivity index (χ0v) is 8.32. The molecule has 1 aromatic heterocycles. The smallest absolute Gasteiger partial charge is 0.418 e. The summed E-state index contributed by atoms with van der Waals surface area (Å²) in [6.45, 7) is 0. The Morgan fingerprint density at radius 3 is 2.53 bits per heavy atom. The normalized spacial score (nSPS) is 11.7. The van der Waals surface area contributed by atoms with Gasteiger partial charge in [-0.05, 0) is 17.5 Å². The largest absolute Gasteiger partial charge is 0.478 e. The number of aromatic nitrogens is 1. The fourth-order valence-corrected chi connectivity index (χ4v) is 1.54. The maximum absolute atomic E-state index is 12.6. The lowest BCUT2D eigenvalue weighted by molar-refractivity contribution is -0.136. The monoisotopic (exact) mass is 241 g/mol. The minimum absolute atomic E-state index is 0.0579. The van der Waals surface area contributed by atoms with Gasteiger partial charge in [0, 0.05) is 17.8 Å². The molecule has 2 aromatic rings. The molecular weight excluding hydrogens is 235 g/mol. The summed E-state index contributed by atoms with van der Waals surface area (Å²) in [4.78, 5) is 14.2. The van der Waals surface area contributed by atoms with Crippen molar-refractivity contribution >= 4 is 16.7 Å². The number of alkyl halides is 3. The Labute approximate surface area is 93.5 Å². The highest BCUT2D eigenvalue weighted by Gasteiger charge is 2.32. The molecule has 3 nitrogen and oxygen atoms in total. The van der Waals surface area contributed by atoms with E-state index in [9.17, 15) is 18.0 Å². The number of carboxylic acids is 1. The van der Waals surface area contributed by atoms with Gasteiger partial charge in [-0.25, -0.2) is 4.79 Å².